The van der Waals surface area contributed by atoms with Crippen molar-refractivity contribution in [3.8, 4) is 0 Å². The van der Waals surface area contributed by atoms with E-state index >= 15 is 0 Å². The van der Waals surface area contributed by atoms with E-state index in [1.54, 1.807) is 0 Å². The zero-order chi connectivity index (χ0) is 6.85. The van der Waals surface area contributed by atoms with Gasteiger partial charge in [-0.05, 0) is 25.8 Å². The van der Waals surface area contributed by atoms with Crippen LogP contribution in [0.5, 0.6) is 0 Å². The van der Waals surface area contributed by atoms with Crippen LogP contribution in [-0.4, -0.2) is 12.3 Å². The summed E-state index contributed by atoms with van der Waals surface area (Å²) in [7, 11) is 0. The molecule has 0 radical (unpaired) electrons. The summed E-state index contributed by atoms with van der Waals surface area (Å²) in [6.07, 6.45) is 3.99. The van der Waals surface area contributed by atoms with Crippen LogP contribution in [0.2, 0.25) is 0 Å². The van der Waals surface area contributed by atoms with E-state index in [0.717, 1.165) is 0 Å². The van der Waals surface area contributed by atoms with Crippen molar-refractivity contribution in [2.75, 3.05) is 0 Å². The SMILES string of the molecule is CC1=CC=NC(C)C1C. The zero-order valence-corrected chi connectivity index (χ0v) is 6.26. The lowest BCUT2D eigenvalue weighted by Gasteiger charge is -2.19. The molecule has 9 heavy (non-hydrogen) atoms. The first kappa shape index (κ1) is 6.53. The Morgan fingerprint density at radius 1 is 1.44 bits per heavy atom. The first-order valence-corrected chi connectivity index (χ1v) is 3.42. The molecule has 0 aliphatic carbocycles. The van der Waals surface area contributed by atoms with Crippen molar-refractivity contribution >= 4 is 6.21 Å². The van der Waals surface area contributed by atoms with Gasteiger partial charge in [0.1, 0.15) is 0 Å². The maximum Gasteiger partial charge on any atom is 0.0534 e. The highest BCUT2D eigenvalue weighted by Gasteiger charge is 2.13. The predicted octanol–water partition coefficient (Wildman–Crippen LogP) is 2.04. The number of rotatable bonds is 0. The van der Waals surface area contributed by atoms with Gasteiger partial charge in [0.05, 0.1) is 6.04 Å². The second kappa shape index (κ2) is 2.34. The summed E-state index contributed by atoms with van der Waals surface area (Å²) >= 11 is 0. The molecule has 0 N–H and O–H groups in total. The first-order chi connectivity index (χ1) is 4.22. The van der Waals surface area contributed by atoms with Crippen LogP contribution in [0.25, 0.3) is 0 Å². The van der Waals surface area contributed by atoms with E-state index < -0.39 is 0 Å². The van der Waals surface area contributed by atoms with Crippen LogP contribution in [0.15, 0.2) is 16.6 Å². The van der Waals surface area contributed by atoms with Crippen molar-refractivity contribution in [3.05, 3.63) is 11.6 Å². The summed E-state index contributed by atoms with van der Waals surface area (Å²) < 4.78 is 0. The second-order valence-corrected chi connectivity index (χ2v) is 2.74. The zero-order valence-electron chi connectivity index (χ0n) is 6.26. The lowest BCUT2D eigenvalue weighted by molar-refractivity contribution is 0.552. The minimum Gasteiger partial charge on any atom is -0.290 e. The number of hydrogen-bond donors (Lipinski definition) is 0. The number of nitrogens with zero attached hydrogens (tertiary/aromatic N) is 1. The Morgan fingerprint density at radius 3 is 2.56 bits per heavy atom. The summed E-state index contributed by atoms with van der Waals surface area (Å²) in [5.74, 6) is 0.634. The van der Waals surface area contributed by atoms with Gasteiger partial charge in [0, 0.05) is 6.21 Å². The van der Waals surface area contributed by atoms with Gasteiger partial charge in [-0.2, -0.15) is 0 Å². The molecule has 0 aromatic rings. The number of allylic oxidation sites excluding steroid dienone is 1. The third-order valence-electron chi connectivity index (χ3n) is 2.10. The fourth-order valence-electron chi connectivity index (χ4n) is 0.958. The van der Waals surface area contributed by atoms with Gasteiger partial charge < -0.3 is 0 Å². The van der Waals surface area contributed by atoms with Gasteiger partial charge in [0.25, 0.3) is 0 Å². The highest BCUT2D eigenvalue weighted by molar-refractivity contribution is 5.73. The van der Waals surface area contributed by atoms with Crippen molar-refractivity contribution in [2.45, 2.75) is 26.8 Å². The van der Waals surface area contributed by atoms with Gasteiger partial charge in [-0.25, -0.2) is 0 Å². The van der Waals surface area contributed by atoms with E-state index in [1.165, 1.54) is 5.57 Å². The molecule has 0 fully saturated rings. The van der Waals surface area contributed by atoms with Crippen LogP contribution < -0.4 is 0 Å². The van der Waals surface area contributed by atoms with E-state index in [1.807, 2.05) is 6.21 Å². The summed E-state index contributed by atoms with van der Waals surface area (Å²) in [5, 5.41) is 0. The minimum atomic E-state index is 0.481. The summed E-state index contributed by atoms with van der Waals surface area (Å²) in [5.41, 5.74) is 1.44. The Labute approximate surface area is 56.5 Å². The van der Waals surface area contributed by atoms with Crippen LogP contribution in [0.1, 0.15) is 20.8 Å². The lowest BCUT2D eigenvalue weighted by atomic mass is 9.94. The second-order valence-electron chi connectivity index (χ2n) is 2.74. The molecule has 0 bridgehead atoms. The third kappa shape index (κ3) is 1.21. The van der Waals surface area contributed by atoms with Crippen molar-refractivity contribution in [1.29, 1.82) is 0 Å². The van der Waals surface area contributed by atoms with Crippen LogP contribution in [0.4, 0.5) is 0 Å². The molecule has 1 nitrogen and oxygen atoms in total. The monoisotopic (exact) mass is 123 g/mol. The molecule has 1 rings (SSSR count). The van der Waals surface area contributed by atoms with Gasteiger partial charge in [-0.15, -0.1) is 0 Å². The minimum absolute atomic E-state index is 0.481. The molecule has 1 aliphatic rings. The maximum absolute atomic E-state index is 4.26. The Kier molecular flexibility index (Phi) is 1.70. The Balaban J connectivity index is 2.73. The Morgan fingerprint density at radius 2 is 2.11 bits per heavy atom. The Bertz CT molecular complexity index is 156. The fraction of sp³-hybridized carbons (Fsp3) is 0.625. The molecular weight excluding hydrogens is 110 g/mol. The first-order valence-electron chi connectivity index (χ1n) is 3.42. The van der Waals surface area contributed by atoms with Crippen molar-refractivity contribution in [2.24, 2.45) is 10.9 Å². The quantitative estimate of drug-likeness (QED) is 0.467. The molecule has 2 atom stereocenters. The van der Waals surface area contributed by atoms with Crippen molar-refractivity contribution < 1.29 is 0 Å². The molecule has 0 spiro atoms. The molecule has 1 heteroatoms. The molecule has 50 valence electrons. The van der Waals surface area contributed by atoms with E-state index in [4.69, 9.17) is 0 Å². The van der Waals surface area contributed by atoms with Crippen molar-refractivity contribution in [1.82, 2.24) is 0 Å². The number of dihydropyridines is 1. The smallest absolute Gasteiger partial charge is 0.0534 e. The molecule has 0 amide bonds. The van der Waals surface area contributed by atoms with E-state index in [2.05, 4.69) is 31.8 Å². The standard InChI is InChI=1S/C8H13N/c1-6-4-5-9-8(3)7(6)2/h4-5,7-8H,1-3H3. The predicted molar refractivity (Wildman–Crippen MR) is 40.9 cm³/mol. The number of hydrogen-bond acceptors (Lipinski definition) is 1. The molecule has 1 aliphatic heterocycles. The molecule has 0 aromatic heterocycles. The van der Waals surface area contributed by atoms with Gasteiger partial charge in [0.15, 0.2) is 0 Å². The lowest BCUT2D eigenvalue weighted by Crippen LogP contribution is -2.15. The molecule has 1 heterocycles. The highest BCUT2D eigenvalue weighted by Crippen LogP contribution is 2.18. The average molecular weight is 123 g/mol. The maximum atomic E-state index is 4.26. The molecular formula is C8H13N. The van der Waals surface area contributed by atoms with Crippen LogP contribution in [-0.2, 0) is 0 Å². The van der Waals surface area contributed by atoms with Gasteiger partial charge in [-0.1, -0.05) is 12.5 Å². The largest absolute Gasteiger partial charge is 0.290 e. The van der Waals surface area contributed by atoms with E-state index in [-0.39, 0.29) is 0 Å². The van der Waals surface area contributed by atoms with Crippen LogP contribution in [0.3, 0.4) is 0 Å². The van der Waals surface area contributed by atoms with Gasteiger partial charge in [-0.3, -0.25) is 4.99 Å². The van der Waals surface area contributed by atoms with E-state index in [9.17, 15) is 0 Å². The van der Waals surface area contributed by atoms with Crippen LogP contribution >= 0.6 is 0 Å². The van der Waals surface area contributed by atoms with Crippen LogP contribution in [0, 0.1) is 5.92 Å². The highest BCUT2D eigenvalue weighted by atomic mass is 14.8. The fourth-order valence-corrected chi connectivity index (χ4v) is 0.958. The van der Waals surface area contributed by atoms with Gasteiger partial charge >= 0.3 is 0 Å². The summed E-state index contributed by atoms with van der Waals surface area (Å²) in [6.45, 7) is 6.52. The normalized spacial score (nSPS) is 34.3. The molecule has 2 unspecified atom stereocenters. The average Bonchev–Trinajstić information content (AvgIpc) is 1.83. The Hall–Kier alpha value is -0.590. The number of aliphatic imine (C=N–C) groups is 1. The molecule has 0 saturated heterocycles. The summed E-state index contributed by atoms with van der Waals surface area (Å²) in [4.78, 5) is 4.26. The molecule has 0 saturated carbocycles. The third-order valence-corrected chi connectivity index (χ3v) is 2.10. The topological polar surface area (TPSA) is 12.4 Å². The summed E-state index contributed by atoms with van der Waals surface area (Å²) in [6, 6.07) is 0.481. The molecule has 0 aromatic carbocycles. The van der Waals surface area contributed by atoms with Gasteiger partial charge in [0.2, 0.25) is 0 Å². The van der Waals surface area contributed by atoms with Crippen molar-refractivity contribution in [3.63, 3.8) is 0 Å². The van der Waals surface area contributed by atoms with E-state index in [0.29, 0.717) is 12.0 Å².